The molecule has 1 spiro atoms. The van der Waals surface area contributed by atoms with E-state index in [2.05, 4.69) is 47.4 Å². The van der Waals surface area contributed by atoms with Crippen LogP contribution in [0.3, 0.4) is 0 Å². The Morgan fingerprint density at radius 2 is 1.68 bits per heavy atom. The molecule has 0 aliphatic carbocycles. The summed E-state index contributed by atoms with van der Waals surface area (Å²) in [6, 6.07) is 17.5. The number of hydrogen-bond donors (Lipinski definition) is 0. The number of carbonyl (C=O) groups is 2. The van der Waals surface area contributed by atoms with Crippen LogP contribution in [0.25, 0.3) is 11.1 Å². The maximum Gasteiger partial charge on any atom is 0.409 e. The van der Waals surface area contributed by atoms with E-state index in [9.17, 15) is 9.59 Å². The molecule has 3 aliphatic rings. The van der Waals surface area contributed by atoms with Crippen molar-refractivity contribution in [2.45, 2.75) is 51.0 Å². The number of rotatable bonds is 3. The quantitative estimate of drug-likeness (QED) is 0.666. The number of likely N-dealkylation sites (tertiary alicyclic amines) is 2. The second kappa shape index (κ2) is 9.41. The Labute approximate surface area is 202 Å². The Balaban J connectivity index is 1.33. The zero-order valence-electron chi connectivity index (χ0n) is 20.3. The van der Waals surface area contributed by atoms with Crippen molar-refractivity contribution in [3.05, 3.63) is 54.1 Å². The van der Waals surface area contributed by atoms with Gasteiger partial charge in [0.25, 0.3) is 0 Å². The molecule has 2 amide bonds. The number of fused-ring (bicyclic) bond motifs is 2. The van der Waals surface area contributed by atoms with E-state index in [1.807, 2.05) is 22.8 Å². The standard InChI is InChI=1S/C28H35N3O3/c1-3-34-27(33)30-16-12-23(13-17-30)29-18-14-28(15-19-29)20-31(21(2)32)26-24(10-7-11-25(26)28)22-8-5-4-6-9-22/h4-11,23H,3,12-20H2,1-2H3. The van der Waals surface area contributed by atoms with Gasteiger partial charge in [-0.3, -0.25) is 4.79 Å². The number of anilines is 1. The van der Waals surface area contributed by atoms with Crippen LogP contribution in [0.2, 0.25) is 0 Å². The molecule has 2 saturated heterocycles. The van der Waals surface area contributed by atoms with Gasteiger partial charge in [-0.05, 0) is 56.8 Å². The monoisotopic (exact) mass is 461 g/mol. The first kappa shape index (κ1) is 22.9. The summed E-state index contributed by atoms with van der Waals surface area (Å²) >= 11 is 0. The lowest BCUT2D eigenvalue weighted by atomic mass is 9.73. The molecule has 5 rings (SSSR count). The summed E-state index contributed by atoms with van der Waals surface area (Å²) in [5.74, 6) is 0.121. The lowest BCUT2D eigenvalue weighted by Gasteiger charge is -2.45. The normalized spacial score (nSPS) is 20.4. The van der Waals surface area contributed by atoms with Crippen LogP contribution in [0.1, 0.15) is 45.1 Å². The van der Waals surface area contributed by atoms with Gasteiger partial charge in [0.2, 0.25) is 5.91 Å². The van der Waals surface area contributed by atoms with E-state index in [-0.39, 0.29) is 17.4 Å². The molecule has 0 aromatic heterocycles. The van der Waals surface area contributed by atoms with E-state index < -0.39 is 0 Å². The smallest absolute Gasteiger partial charge is 0.409 e. The second-order valence-corrected chi connectivity index (χ2v) is 9.91. The van der Waals surface area contributed by atoms with Gasteiger partial charge < -0.3 is 19.4 Å². The van der Waals surface area contributed by atoms with Crippen molar-refractivity contribution in [1.29, 1.82) is 0 Å². The van der Waals surface area contributed by atoms with E-state index in [4.69, 9.17) is 4.74 Å². The molecular formula is C28H35N3O3. The molecule has 2 aromatic carbocycles. The number of ether oxygens (including phenoxy) is 1. The molecule has 0 N–H and O–H groups in total. The number of nitrogens with zero attached hydrogens (tertiary/aromatic N) is 3. The predicted molar refractivity (Wildman–Crippen MR) is 134 cm³/mol. The number of carbonyl (C=O) groups excluding carboxylic acids is 2. The van der Waals surface area contributed by atoms with Crippen LogP contribution in [0.4, 0.5) is 10.5 Å². The van der Waals surface area contributed by atoms with Crippen LogP contribution < -0.4 is 4.90 Å². The van der Waals surface area contributed by atoms with E-state index >= 15 is 0 Å². The molecule has 0 radical (unpaired) electrons. The summed E-state index contributed by atoms with van der Waals surface area (Å²) in [7, 11) is 0. The Morgan fingerprint density at radius 3 is 2.32 bits per heavy atom. The largest absolute Gasteiger partial charge is 0.450 e. The van der Waals surface area contributed by atoms with Crippen LogP contribution in [0.15, 0.2) is 48.5 Å². The third-order valence-corrected chi connectivity index (χ3v) is 8.07. The highest BCUT2D eigenvalue weighted by molar-refractivity contribution is 6.00. The minimum Gasteiger partial charge on any atom is -0.450 e. The summed E-state index contributed by atoms with van der Waals surface area (Å²) in [6.45, 7) is 8.35. The third kappa shape index (κ3) is 4.09. The van der Waals surface area contributed by atoms with Crippen molar-refractivity contribution in [3.8, 4) is 11.1 Å². The zero-order chi connectivity index (χ0) is 23.7. The highest BCUT2D eigenvalue weighted by Crippen LogP contribution is 2.51. The fourth-order valence-electron chi connectivity index (χ4n) is 6.22. The molecule has 3 heterocycles. The van der Waals surface area contributed by atoms with Crippen LogP contribution in [0, 0.1) is 0 Å². The van der Waals surface area contributed by atoms with Crippen molar-refractivity contribution in [3.63, 3.8) is 0 Å². The summed E-state index contributed by atoms with van der Waals surface area (Å²) in [4.78, 5) is 31.3. The van der Waals surface area contributed by atoms with Crippen LogP contribution in [-0.4, -0.2) is 67.2 Å². The van der Waals surface area contributed by atoms with Crippen molar-refractivity contribution in [1.82, 2.24) is 9.80 Å². The Hall–Kier alpha value is -2.86. The van der Waals surface area contributed by atoms with Crippen LogP contribution in [-0.2, 0) is 14.9 Å². The van der Waals surface area contributed by atoms with E-state index in [1.165, 1.54) is 5.56 Å². The van der Waals surface area contributed by atoms with Crippen molar-refractivity contribution in [2.24, 2.45) is 0 Å². The van der Waals surface area contributed by atoms with Gasteiger partial charge in [-0.1, -0.05) is 48.5 Å². The minimum absolute atomic E-state index is 0.0218. The molecule has 0 bridgehead atoms. The summed E-state index contributed by atoms with van der Waals surface area (Å²) in [5, 5.41) is 0. The van der Waals surface area contributed by atoms with Crippen LogP contribution in [0.5, 0.6) is 0 Å². The summed E-state index contributed by atoms with van der Waals surface area (Å²) in [6.07, 6.45) is 3.93. The van der Waals surface area contributed by atoms with Gasteiger partial charge in [0.15, 0.2) is 0 Å². The van der Waals surface area contributed by atoms with Gasteiger partial charge in [0, 0.05) is 43.6 Å². The van der Waals surface area contributed by atoms with Gasteiger partial charge >= 0.3 is 6.09 Å². The van der Waals surface area contributed by atoms with Gasteiger partial charge in [-0.15, -0.1) is 0 Å². The maximum absolute atomic E-state index is 12.7. The first-order valence-corrected chi connectivity index (χ1v) is 12.7. The highest BCUT2D eigenvalue weighted by Gasteiger charge is 2.47. The molecule has 180 valence electrons. The molecule has 6 nitrogen and oxygen atoms in total. The summed E-state index contributed by atoms with van der Waals surface area (Å²) < 4.78 is 5.17. The average Bonchev–Trinajstić information content (AvgIpc) is 3.20. The molecular weight excluding hydrogens is 426 g/mol. The van der Waals surface area contributed by atoms with Gasteiger partial charge in [0.1, 0.15) is 0 Å². The maximum atomic E-state index is 12.7. The highest BCUT2D eigenvalue weighted by atomic mass is 16.6. The average molecular weight is 462 g/mol. The van der Waals surface area contributed by atoms with E-state index in [0.717, 1.165) is 75.2 Å². The molecule has 2 fully saturated rings. The summed E-state index contributed by atoms with van der Waals surface area (Å²) in [5.41, 5.74) is 4.78. The van der Waals surface area contributed by atoms with Crippen molar-refractivity contribution >= 4 is 17.7 Å². The molecule has 3 aliphatic heterocycles. The first-order valence-electron chi connectivity index (χ1n) is 12.7. The number of para-hydroxylation sites is 1. The Morgan fingerprint density at radius 1 is 0.971 bits per heavy atom. The number of benzene rings is 2. The third-order valence-electron chi connectivity index (χ3n) is 8.07. The number of hydrogen-bond acceptors (Lipinski definition) is 4. The number of amides is 2. The fourth-order valence-corrected chi connectivity index (χ4v) is 6.22. The Bertz CT molecular complexity index is 1040. The molecule has 0 unspecified atom stereocenters. The fraction of sp³-hybridized carbons (Fsp3) is 0.500. The number of piperidine rings is 2. The lowest BCUT2D eigenvalue weighted by Crippen LogP contribution is -2.52. The molecule has 6 heteroatoms. The van der Waals surface area contributed by atoms with E-state index in [1.54, 1.807) is 6.92 Å². The van der Waals surface area contributed by atoms with Gasteiger partial charge in [-0.2, -0.15) is 0 Å². The zero-order valence-corrected chi connectivity index (χ0v) is 20.3. The SMILES string of the molecule is CCOC(=O)N1CCC(N2CCC3(CC2)CN(C(C)=O)c2c(-c4ccccc4)cccc23)CC1. The van der Waals surface area contributed by atoms with Crippen LogP contribution >= 0.6 is 0 Å². The first-order chi connectivity index (χ1) is 16.5. The van der Waals surface area contributed by atoms with Gasteiger partial charge in [0.05, 0.1) is 12.3 Å². The Kier molecular flexibility index (Phi) is 6.34. The van der Waals surface area contributed by atoms with E-state index in [0.29, 0.717) is 12.6 Å². The predicted octanol–water partition coefficient (Wildman–Crippen LogP) is 4.67. The topological polar surface area (TPSA) is 53.1 Å². The van der Waals surface area contributed by atoms with Crippen molar-refractivity contribution < 1.29 is 14.3 Å². The van der Waals surface area contributed by atoms with Gasteiger partial charge in [-0.25, -0.2) is 4.79 Å². The lowest BCUT2D eigenvalue weighted by molar-refractivity contribution is -0.116. The minimum atomic E-state index is -0.181. The van der Waals surface area contributed by atoms with Crippen molar-refractivity contribution in [2.75, 3.05) is 44.2 Å². The molecule has 0 atom stereocenters. The molecule has 0 saturated carbocycles. The second-order valence-electron chi connectivity index (χ2n) is 9.91. The molecule has 34 heavy (non-hydrogen) atoms. The molecule has 2 aromatic rings.